The minimum Gasteiger partial charge on any atom is -0.396 e. The van der Waals surface area contributed by atoms with Crippen LogP contribution in [0.15, 0.2) is 15.6 Å². The number of nitrogens with zero attached hydrogens (tertiary/aromatic N) is 1. The largest absolute Gasteiger partial charge is 0.396 e. The molecule has 0 radical (unpaired) electrons. The van der Waals surface area contributed by atoms with Gasteiger partial charge in [-0.2, -0.15) is 0 Å². The van der Waals surface area contributed by atoms with Crippen molar-refractivity contribution >= 4 is 21.7 Å². The molecule has 0 aliphatic carbocycles. The van der Waals surface area contributed by atoms with Gasteiger partial charge in [0.1, 0.15) is 10.3 Å². The fourth-order valence-electron chi connectivity index (χ4n) is 1.22. The van der Waals surface area contributed by atoms with E-state index in [9.17, 15) is 4.79 Å². The smallest absolute Gasteiger partial charge is 0.267 e. The van der Waals surface area contributed by atoms with Crippen molar-refractivity contribution in [1.29, 1.82) is 0 Å². The van der Waals surface area contributed by atoms with Crippen LogP contribution in [-0.2, 0) is 0 Å². The Bertz CT molecular complexity index is 403. The third-order valence-corrected chi connectivity index (χ3v) is 3.06. The summed E-state index contributed by atoms with van der Waals surface area (Å²) < 4.78 is 0.398. The van der Waals surface area contributed by atoms with Crippen LogP contribution < -0.4 is 10.9 Å². The Kier molecular flexibility index (Phi) is 4.49. The molecule has 0 aromatic carbocycles. The van der Waals surface area contributed by atoms with Crippen molar-refractivity contribution in [2.75, 3.05) is 18.5 Å². The zero-order valence-corrected chi connectivity index (χ0v) is 11.0. The van der Waals surface area contributed by atoms with E-state index in [1.165, 1.54) is 6.33 Å². The Morgan fingerprint density at radius 2 is 2.31 bits per heavy atom. The van der Waals surface area contributed by atoms with Gasteiger partial charge in [-0.05, 0) is 27.8 Å². The third kappa shape index (κ3) is 3.61. The highest BCUT2D eigenvalue weighted by Gasteiger charge is 2.17. The van der Waals surface area contributed by atoms with Crippen LogP contribution in [-0.4, -0.2) is 28.2 Å². The summed E-state index contributed by atoms with van der Waals surface area (Å²) in [6.07, 6.45) is 2.05. The molecule has 3 N–H and O–H groups in total. The van der Waals surface area contributed by atoms with Crippen LogP contribution in [0.4, 0.5) is 5.82 Å². The molecule has 1 aromatic rings. The lowest BCUT2D eigenvalue weighted by atomic mass is 9.90. The Hall–Kier alpha value is -0.880. The van der Waals surface area contributed by atoms with Crippen molar-refractivity contribution in [3.05, 3.63) is 21.2 Å². The number of aliphatic hydroxyl groups excluding tert-OH is 1. The molecule has 0 bridgehead atoms. The van der Waals surface area contributed by atoms with Gasteiger partial charge >= 0.3 is 0 Å². The predicted octanol–water partition coefficient (Wildman–Crippen LogP) is 1.35. The average Bonchev–Trinajstić information content (AvgIpc) is 2.20. The number of aromatic nitrogens is 2. The number of nitrogens with one attached hydrogen (secondary N) is 2. The van der Waals surface area contributed by atoms with Crippen LogP contribution in [0.5, 0.6) is 0 Å². The van der Waals surface area contributed by atoms with Gasteiger partial charge in [-0.3, -0.25) is 4.79 Å². The molecule has 0 unspecified atom stereocenters. The van der Waals surface area contributed by atoms with Crippen molar-refractivity contribution in [2.24, 2.45) is 5.41 Å². The summed E-state index contributed by atoms with van der Waals surface area (Å²) in [5, 5.41) is 12.0. The standard InChI is InChI=1S/C10H16BrN3O2/c1-10(2,3-4-15)5-12-8-7(11)9(16)14-6-13-8/h6,15H,3-5H2,1-2H3,(H2,12,13,14,16). The highest BCUT2D eigenvalue weighted by Crippen LogP contribution is 2.21. The van der Waals surface area contributed by atoms with Crippen molar-refractivity contribution < 1.29 is 5.11 Å². The van der Waals surface area contributed by atoms with E-state index in [0.717, 1.165) is 0 Å². The third-order valence-electron chi connectivity index (χ3n) is 2.32. The Morgan fingerprint density at radius 1 is 1.62 bits per heavy atom. The van der Waals surface area contributed by atoms with Gasteiger partial charge in [-0.1, -0.05) is 13.8 Å². The fraction of sp³-hybridized carbons (Fsp3) is 0.600. The van der Waals surface area contributed by atoms with Gasteiger partial charge in [0, 0.05) is 13.2 Å². The average molecular weight is 290 g/mol. The first-order chi connectivity index (χ1) is 7.46. The second-order valence-electron chi connectivity index (χ2n) is 4.39. The molecule has 5 nitrogen and oxygen atoms in total. The number of aliphatic hydroxyl groups is 1. The normalized spacial score (nSPS) is 11.5. The molecule has 0 aliphatic rings. The van der Waals surface area contributed by atoms with E-state index in [-0.39, 0.29) is 17.6 Å². The zero-order valence-electron chi connectivity index (χ0n) is 9.38. The molecule has 90 valence electrons. The summed E-state index contributed by atoms with van der Waals surface area (Å²) in [6.45, 7) is 4.87. The highest BCUT2D eigenvalue weighted by atomic mass is 79.9. The van der Waals surface area contributed by atoms with Crippen LogP contribution in [0.25, 0.3) is 0 Å². The van der Waals surface area contributed by atoms with Crippen LogP contribution in [0.1, 0.15) is 20.3 Å². The summed E-state index contributed by atoms with van der Waals surface area (Å²) in [7, 11) is 0. The molecular weight excluding hydrogens is 274 g/mol. The Morgan fingerprint density at radius 3 is 2.94 bits per heavy atom. The van der Waals surface area contributed by atoms with Crippen LogP contribution in [0.3, 0.4) is 0 Å². The molecule has 0 amide bonds. The summed E-state index contributed by atoms with van der Waals surface area (Å²) >= 11 is 3.17. The van der Waals surface area contributed by atoms with E-state index >= 15 is 0 Å². The van der Waals surface area contributed by atoms with E-state index in [4.69, 9.17) is 5.11 Å². The van der Waals surface area contributed by atoms with Gasteiger partial charge < -0.3 is 15.4 Å². The number of anilines is 1. The molecule has 1 heterocycles. The SMILES string of the molecule is CC(C)(CCO)CNc1nc[nH]c(=O)c1Br. The molecule has 6 heteroatoms. The fourth-order valence-corrected chi connectivity index (χ4v) is 1.58. The topological polar surface area (TPSA) is 78.0 Å². The Labute approximate surface area is 102 Å². The first kappa shape index (κ1) is 13.2. The zero-order chi connectivity index (χ0) is 12.2. The van der Waals surface area contributed by atoms with Crippen molar-refractivity contribution in [3.8, 4) is 0 Å². The van der Waals surface area contributed by atoms with Gasteiger partial charge in [-0.25, -0.2) is 4.98 Å². The molecule has 0 saturated carbocycles. The predicted molar refractivity (Wildman–Crippen MR) is 66.5 cm³/mol. The number of rotatable bonds is 5. The van der Waals surface area contributed by atoms with Crippen LogP contribution >= 0.6 is 15.9 Å². The van der Waals surface area contributed by atoms with E-state index in [1.807, 2.05) is 13.8 Å². The van der Waals surface area contributed by atoms with E-state index in [0.29, 0.717) is 23.3 Å². The van der Waals surface area contributed by atoms with Gasteiger partial charge in [0.05, 0.1) is 6.33 Å². The first-order valence-corrected chi connectivity index (χ1v) is 5.83. The number of halogens is 1. The molecule has 0 fully saturated rings. The lowest BCUT2D eigenvalue weighted by molar-refractivity contribution is 0.220. The summed E-state index contributed by atoms with van der Waals surface area (Å²) in [4.78, 5) is 17.8. The van der Waals surface area contributed by atoms with Crippen molar-refractivity contribution in [3.63, 3.8) is 0 Å². The molecule has 16 heavy (non-hydrogen) atoms. The highest BCUT2D eigenvalue weighted by molar-refractivity contribution is 9.10. The minimum absolute atomic E-state index is 0.0432. The number of H-pyrrole nitrogens is 1. The molecule has 1 rings (SSSR count). The molecule has 1 aromatic heterocycles. The minimum atomic E-state index is -0.211. The quantitative estimate of drug-likeness (QED) is 0.765. The molecule has 0 atom stereocenters. The van der Waals surface area contributed by atoms with Crippen LogP contribution in [0.2, 0.25) is 0 Å². The lowest BCUT2D eigenvalue weighted by Gasteiger charge is -2.24. The molecule has 0 spiro atoms. The first-order valence-electron chi connectivity index (χ1n) is 5.04. The van der Waals surface area contributed by atoms with Gasteiger partial charge in [0.15, 0.2) is 0 Å². The Balaban J connectivity index is 2.68. The lowest BCUT2D eigenvalue weighted by Crippen LogP contribution is -2.25. The van der Waals surface area contributed by atoms with E-state index in [1.54, 1.807) is 0 Å². The second-order valence-corrected chi connectivity index (χ2v) is 5.18. The van der Waals surface area contributed by atoms with E-state index < -0.39 is 0 Å². The maximum absolute atomic E-state index is 11.3. The number of aromatic amines is 1. The molecule has 0 saturated heterocycles. The summed E-state index contributed by atoms with van der Waals surface area (Å²) in [5.74, 6) is 0.523. The van der Waals surface area contributed by atoms with Crippen LogP contribution in [0, 0.1) is 5.41 Å². The monoisotopic (exact) mass is 289 g/mol. The maximum Gasteiger partial charge on any atom is 0.267 e. The van der Waals surface area contributed by atoms with Crippen molar-refractivity contribution in [1.82, 2.24) is 9.97 Å². The number of hydrogen-bond acceptors (Lipinski definition) is 4. The van der Waals surface area contributed by atoms with Gasteiger partial charge in [0.2, 0.25) is 0 Å². The molecular formula is C10H16BrN3O2. The molecule has 0 aliphatic heterocycles. The van der Waals surface area contributed by atoms with Gasteiger partial charge in [-0.15, -0.1) is 0 Å². The summed E-state index contributed by atoms with van der Waals surface area (Å²) in [5.41, 5.74) is -0.254. The van der Waals surface area contributed by atoms with E-state index in [2.05, 4.69) is 31.2 Å². The van der Waals surface area contributed by atoms with Gasteiger partial charge in [0.25, 0.3) is 5.56 Å². The second kappa shape index (κ2) is 5.45. The van der Waals surface area contributed by atoms with Crippen molar-refractivity contribution in [2.45, 2.75) is 20.3 Å². The summed E-state index contributed by atoms with van der Waals surface area (Å²) in [6, 6.07) is 0. The number of hydrogen-bond donors (Lipinski definition) is 3. The maximum atomic E-state index is 11.3.